The molecule has 9 nitrogen and oxygen atoms in total. The summed E-state index contributed by atoms with van der Waals surface area (Å²) in [4.78, 5) is 38.9. The summed E-state index contributed by atoms with van der Waals surface area (Å²) in [6.45, 7) is 4.42. The summed E-state index contributed by atoms with van der Waals surface area (Å²) in [7, 11) is 0. The summed E-state index contributed by atoms with van der Waals surface area (Å²) in [6, 6.07) is 6.50. The molecule has 32 heavy (non-hydrogen) atoms. The van der Waals surface area contributed by atoms with E-state index in [2.05, 4.69) is 10.6 Å². The SMILES string of the molecule is CCCCOC(=O)CC1C(=O)NCCN1CC(=O)Nc1ccccc1OCC1CCCO1. The zero-order valence-electron chi connectivity index (χ0n) is 18.6. The highest BCUT2D eigenvalue weighted by molar-refractivity contribution is 5.94. The highest BCUT2D eigenvalue weighted by Gasteiger charge is 2.33. The van der Waals surface area contributed by atoms with Crippen molar-refractivity contribution in [3.63, 3.8) is 0 Å². The van der Waals surface area contributed by atoms with E-state index in [1.807, 2.05) is 19.1 Å². The maximum absolute atomic E-state index is 12.8. The van der Waals surface area contributed by atoms with E-state index in [4.69, 9.17) is 14.2 Å². The number of ether oxygens (including phenoxy) is 3. The highest BCUT2D eigenvalue weighted by Crippen LogP contribution is 2.25. The van der Waals surface area contributed by atoms with Gasteiger partial charge in [0.05, 0.1) is 31.4 Å². The van der Waals surface area contributed by atoms with E-state index in [0.29, 0.717) is 37.7 Å². The number of carbonyl (C=O) groups is 3. The Morgan fingerprint density at radius 3 is 2.94 bits per heavy atom. The minimum absolute atomic E-state index is 0.0135. The standard InChI is InChI=1S/C23H33N3O6/c1-2-3-12-31-22(28)14-19-23(29)24-10-11-26(19)15-21(27)25-18-8-4-5-9-20(18)32-16-17-7-6-13-30-17/h4-5,8-9,17,19H,2-3,6-7,10-16H2,1H3,(H,24,29)(H,25,27). The number of anilines is 1. The number of hydrogen-bond acceptors (Lipinski definition) is 7. The van der Waals surface area contributed by atoms with Crippen LogP contribution in [0.15, 0.2) is 24.3 Å². The van der Waals surface area contributed by atoms with Crippen LogP contribution in [-0.4, -0.2) is 74.3 Å². The van der Waals surface area contributed by atoms with Gasteiger partial charge in [0.15, 0.2) is 0 Å². The van der Waals surface area contributed by atoms with Crippen molar-refractivity contribution in [2.45, 2.75) is 51.2 Å². The lowest BCUT2D eigenvalue weighted by atomic mass is 10.1. The Bertz CT molecular complexity index is 781. The smallest absolute Gasteiger partial charge is 0.307 e. The molecule has 2 aliphatic rings. The fraction of sp³-hybridized carbons (Fsp3) is 0.609. The number of amides is 2. The van der Waals surface area contributed by atoms with E-state index in [1.54, 1.807) is 17.0 Å². The summed E-state index contributed by atoms with van der Waals surface area (Å²) in [5.41, 5.74) is 0.562. The zero-order chi connectivity index (χ0) is 22.8. The van der Waals surface area contributed by atoms with Gasteiger partial charge in [0.25, 0.3) is 0 Å². The topological polar surface area (TPSA) is 106 Å². The number of benzene rings is 1. The van der Waals surface area contributed by atoms with Gasteiger partial charge in [-0.1, -0.05) is 25.5 Å². The fourth-order valence-electron chi connectivity index (χ4n) is 3.75. The van der Waals surface area contributed by atoms with Gasteiger partial charge in [-0.3, -0.25) is 19.3 Å². The largest absolute Gasteiger partial charge is 0.489 e. The van der Waals surface area contributed by atoms with Crippen LogP contribution in [0.1, 0.15) is 39.0 Å². The number of unbranched alkanes of at least 4 members (excludes halogenated alkanes) is 1. The van der Waals surface area contributed by atoms with E-state index in [0.717, 1.165) is 32.3 Å². The zero-order valence-corrected chi connectivity index (χ0v) is 18.6. The van der Waals surface area contributed by atoms with E-state index in [-0.39, 0.29) is 30.9 Å². The van der Waals surface area contributed by atoms with Gasteiger partial charge in [-0.05, 0) is 31.4 Å². The van der Waals surface area contributed by atoms with Crippen LogP contribution in [0.25, 0.3) is 0 Å². The second-order valence-electron chi connectivity index (χ2n) is 8.05. The van der Waals surface area contributed by atoms with Gasteiger partial charge >= 0.3 is 5.97 Å². The summed E-state index contributed by atoms with van der Waals surface area (Å²) in [5, 5.41) is 5.63. The minimum Gasteiger partial charge on any atom is -0.489 e. The van der Waals surface area contributed by atoms with Gasteiger partial charge in [0.1, 0.15) is 18.4 Å². The monoisotopic (exact) mass is 447 g/mol. The molecule has 0 aliphatic carbocycles. The van der Waals surface area contributed by atoms with Crippen molar-refractivity contribution in [3.05, 3.63) is 24.3 Å². The molecule has 0 bridgehead atoms. The van der Waals surface area contributed by atoms with Crippen LogP contribution in [0, 0.1) is 0 Å². The molecule has 2 saturated heterocycles. The predicted molar refractivity (Wildman–Crippen MR) is 118 cm³/mol. The van der Waals surface area contributed by atoms with Gasteiger partial charge in [0, 0.05) is 19.7 Å². The molecule has 2 aliphatic heterocycles. The number of rotatable bonds is 11. The van der Waals surface area contributed by atoms with Crippen LogP contribution in [-0.2, 0) is 23.9 Å². The Morgan fingerprint density at radius 2 is 2.16 bits per heavy atom. The van der Waals surface area contributed by atoms with Gasteiger partial charge in [-0.25, -0.2) is 0 Å². The molecule has 0 saturated carbocycles. The third-order valence-electron chi connectivity index (χ3n) is 5.52. The second kappa shape index (κ2) is 12.4. The minimum atomic E-state index is -0.727. The third-order valence-corrected chi connectivity index (χ3v) is 5.52. The quantitative estimate of drug-likeness (QED) is 0.393. The van der Waals surface area contributed by atoms with E-state index in [9.17, 15) is 14.4 Å². The van der Waals surface area contributed by atoms with Crippen molar-refractivity contribution >= 4 is 23.5 Å². The Hall–Kier alpha value is -2.65. The lowest BCUT2D eigenvalue weighted by molar-refractivity contribution is -0.149. The average Bonchev–Trinajstić information content (AvgIpc) is 3.29. The van der Waals surface area contributed by atoms with E-state index in [1.165, 1.54) is 0 Å². The number of carbonyl (C=O) groups excluding carboxylic acids is 3. The normalized spacial score (nSPS) is 21.1. The van der Waals surface area contributed by atoms with E-state index >= 15 is 0 Å². The summed E-state index contributed by atoms with van der Waals surface area (Å²) in [5.74, 6) is -0.406. The molecular formula is C23H33N3O6. The molecule has 0 spiro atoms. The van der Waals surface area contributed by atoms with Crippen molar-refractivity contribution in [3.8, 4) is 5.75 Å². The van der Waals surface area contributed by atoms with Crippen molar-refractivity contribution in [2.24, 2.45) is 0 Å². The van der Waals surface area contributed by atoms with Crippen LogP contribution in [0.5, 0.6) is 5.75 Å². The molecule has 1 aromatic rings. The average molecular weight is 448 g/mol. The molecule has 2 unspecified atom stereocenters. The molecule has 3 rings (SSSR count). The van der Waals surface area contributed by atoms with Crippen molar-refractivity contribution in [2.75, 3.05) is 44.8 Å². The molecule has 0 radical (unpaired) electrons. The molecule has 2 N–H and O–H groups in total. The first-order valence-electron chi connectivity index (χ1n) is 11.4. The van der Waals surface area contributed by atoms with E-state index < -0.39 is 12.0 Å². The fourth-order valence-corrected chi connectivity index (χ4v) is 3.75. The molecule has 1 aromatic carbocycles. The number of nitrogens with one attached hydrogen (secondary N) is 2. The lowest BCUT2D eigenvalue weighted by Crippen LogP contribution is -2.57. The van der Waals surface area contributed by atoms with Gasteiger partial charge in [-0.15, -0.1) is 0 Å². The summed E-state index contributed by atoms with van der Waals surface area (Å²) in [6.07, 6.45) is 3.69. The molecule has 2 amide bonds. The van der Waals surface area contributed by atoms with Gasteiger partial charge in [0.2, 0.25) is 11.8 Å². The molecular weight excluding hydrogens is 414 g/mol. The van der Waals surface area contributed by atoms with Crippen molar-refractivity contribution in [1.29, 1.82) is 0 Å². The van der Waals surface area contributed by atoms with Crippen LogP contribution < -0.4 is 15.4 Å². The Morgan fingerprint density at radius 1 is 1.31 bits per heavy atom. The van der Waals surface area contributed by atoms with Crippen LogP contribution in [0.4, 0.5) is 5.69 Å². The van der Waals surface area contributed by atoms with Gasteiger partial charge < -0.3 is 24.8 Å². The molecule has 2 atom stereocenters. The highest BCUT2D eigenvalue weighted by atomic mass is 16.5. The Labute approximate surface area is 188 Å². The maximum atomic E-state index is 12.8. The molecule has 9 heteroatoms. The molecule has 2 fully saturated rings. The number of hydrogen-bond donors (Lipinski definition) is 2. The van der Waals surface area contributed by atoms with Crippen LogP contribution >= 0.6 is 0 Å². The first-order chi connectivity index (χ1) is 15.6. The van der Waals surface area contributed by atoms with Crippen LogP contribution in [0.2, 0.25) is 0 Å². The summed E-state index contributed by atoms with van der Waals surface area (Å²) < 4.78 is 16.7. The number of para-hydroxylation sites is 2. The molecule has 0 aromatic heterocycles. The first-order valence-corrected chi connectivity index (χ1v) is 11.4. The lowest BCUT2D eigenvalue weighted by Gasteiger charge is -2.33. The maximum Gasteiger partial charge on any atom is 0.307 e. The van der Waals surface area contributed by atoms with Crippen molar-refractivity contribution in [1.82, 2.24) is 10.2 Å². The molecule has 2 heterocycles. The second-order valence-corrected chi connectivity index (χ2v) is 8.05. The summed E-state index contributed by atoms with van der Waals surface area (Å²) >= 11 is 0. The predicted octanol–water partition coefficient (Wildman–Crippen LogP) is 1.72. The molecule has 176 valence electrons. The first kappa shape index (κ1) is 24.0. The Kier molecular flexibility index (Phi) is 9.30. The van der Waals surface area contributed by atoms with Crippen molar-refractivity contribution < 1.29 is 28.6 Å². The number of piperazine rings is 1. The third kappa shape index (κ3) is 7.20. The van der Waals surface area contributed by atoms with Crippen LogP contribution in [0.3, 0.4) is 0 Å². The number of nitrogens with zero attached hydrogens (tertiary/aromatic N) is 1. The Balaban J connectivity index is 1.55. The van der Waals surface area contributed by atoms with Gasteiger partial charge in [-0.2, -0.15) is 0 Å². The number of esters is 1.